The predicted octanol–water partition coefficient (Wildman–Crippen LogP) is 1.52. The zero-order chi connectivity index (χ0) is 11.3. The number of rotatable bonds is 4. The summed E-state index contributed by atoms with van der Waals surface area (Å²) in [6, 6.07) is 8.19. The highest BCUT2D eigenvalue weighted by Crippen LogP contribution is 2.12. The third-order valence-electron chi connectivity index (χ3n) is 2.33. The van der Waals surface area contributed by atoms with Crippen LogP contribution < -0.4 is 11.1 Å². The molecule has 3 N–H and O–H groups in total. The molecule has 15 heavy (non-hydrogen) atoms. The van der Waals surface area contributed by atoms with Crippen molar-refractivity contribution in [3.05, 3.63) is 35.4 Å². The monoisotopic (exact) mass is 206 g/mol. The Balaban J connectivity index is 2.57. The minimum atomic E-state index is 0.00516. The molecule has 0 unspecified atom stereocenters. The van der Waals surface area contributed by atoms with Crippen LogP contribution in [0.1, 0.15) is 30.5 Å². The lowest BCUT2D eigenvalue weighted by Gasteiger charge is -2.14. The Morgan fingerprint density at radius 1 is 1.40 bits per heavy atom. The summed E-state index contributed by atoms with van der Waals surface area (Å²) < 4.78 is 0. The molecule has 0 aliphatic carbocycles. The van der Waals surface area contributed by atoms with E-state index < -0.39 is 0 Å². The van der Waals surface area contributed by atoms with Gasteiger partial charge in [-0.2, -0.15) is 0 Å². The van der Waals surface area contributed by atoms with E-state index in [9.17, 15) is 4.79 Å². The van der Waals surface area contributed by atoms with Crippen LogP contribution in [0.2, 0.25) is 0 Å². The van der Waals surface area contributed by atoms with Crippen LogP contribution in [0.3, 0.4) is 0 Å². The second-order valence-corrected chi connectivity index (χ2v) is 3.74. The molecule has 1 aromatic carbocycles. The maximum atomic E-state index is 11.3. The number of carbonyl (C=O) groups excluding carboxylic acids is 1. The van der Waals surface area contributed by atoms with Gasteiger partial charge < -0.3 is 11.1 Å². The zero-order valence-electron chi connectivity index (χ0n) is 9.29. The minimum absolute atomic E-state index is 0.00516. The van der Waals surface area contributed by atoms with Crippen molar-refractivity contribution < 1.29 is 4.79 Å². The zero-order valence-corrected chi connectivity index (χ0v) is 9.29. The maximum absolute atomic E-state index is 11.3. The van der Waals surface area contributed by atoms with Crippen LogP contribution in [0.4, 0.5) is 0 Å². The summed E-state index contributed by atoms with van der Waals surface area (Å²) in [5.41, 5.74) is 7.64. The van der Waals surface area contributed by atoms with Gasteiger partial charge in [0.25, 0.3) is 0 Å². The van der Waals surface area contributed by atoms with Gasteiger partial charge in [0.1, 0.15) is 0 Å². The van der Waals surface area contributed by atoms with E-state index in [0.717, 1.165) is 5.56 Å². The molecule has 0 saturated carbocycles. The highest BCUT2D eigenvalue weighted by molar-refractivity contribution is 5.76. The number of hydrogen-bond acceptors (Lipinski definition) is 2. The first-order valence-electron chi connectivity index (χ1n) is 5.19. The Morgan fingerprint density at radius 3 is 2.53 bits per heavy atom. The summed E-state index contributed by atoms with van der Waals surface area (Å²) in [4.78, 5) is 11.3. The summed E-state index contributed by atoms with van der Waals surface area (Å²) in [7, 11) is 0. The third kappa shape index (κ3) is 3.72. The predicted molar refractivity (Wildman–Crippen MR) is 61.4 cm³/mol. The SMILES string of the molecule is Cc1ccc([C@@H](C)NC(=O)CCN)cc1. The van der Waals surface area contributed by atoms with Gasteiger partial charge in [-0.1, -0.05) is 29.8 Å². The molecule has 0 radical (unpaired) electrons. The van der Waals surface area contributed by atoms with Gasteiger partial charge >= 0.3 is 0 Å². The number of aryl methyl sites for hydroxylation is 1. The van der Waals surface area contributed by atoms with Crippen LogP contribution in [0.15, 0.2) is 24.3 Å². The number of hydrogen-bond donors (Lipinski definition) is 2. The molecule has 0 saturated heterocycles. The summed E-state index contributed by atoms with van der Waals surface area (Å²) in [5.74, 6) is 0.00516. The highest BCUT2D eigenvalue weighted by Gasteiger charge is 2.07. The standard InChI is InChI=1S/C12H18N2O/c1-9-3-5-11(6-4-9)10(2)14-12(15)7-8-13/h3-6,10H,7-8,13H2,1-2H3,(H,14,15)/t10-/m1/s1. The van der Waals surface area contributed by atoms with E-state index in [2.05, 4.69) is 5.32 Å². The number of nitrogens with two attached hydrogens (primary N) is 1. The van der Waals surface area contributed by atoms with Crippen molar-refractivity contribution >= 4 is 5.91 Å². The molecule has 0 fully saturated rings. The van der Waals surface area contributed by atoms with Crippen LogP contribution >= 0.6 is 0 Å². The molecular formula is C12H18N2O. The fourth-order valence-corrected chi connectivity index (χ4v) is 1.38. The van der Waals surface area contributed by atoms with Crippen molar-refractivity contribution in [2.75, 3.05) is 6.54 Å². The summed E-state index contributed by atoms with van der Waals surface area (Å²) in [6.45, 7) is 4.41. The number of nitrogens with one attached hydrogen (secondary N) is 1. The lowest BCUT2D eigenvalue weighted by molar-refractivity contribution is -0.121. The molecule has 1 aromatic rings. The lowest BCUT2D eigenvalue weighted by Crippen LogP contribution is -2.28. The summed E-state index contributed by atoms with van der Waals surface area (Å²) >= 11 is 0. The molecule has 0 bridgehead atoms. The van der Waals surface area contributed by atoms with Crippen LogP contribution in [0.25, 0.3) is 0 Å². The fraction of sp³-hybridized carbons (Fsp3) is 0.417. The fourth-order valence-electron chi connectivity index (χ4n) is 1.38. The number of benzene rings is 1. The average molecular weight is 206 g/mol. The van der Waals surface area contributed by atoms with Crippen molar-refractivity contribution in [3.8, 4) is 0 Å². The molecule has 1 rings (SSSR count). The Hall–Kier alpha value is -1.35. The van der Waals surface area contributed by atoms with Gasteiger partial charge in [-0.25, -0.2) is 0 Å². The van der Waals surface area contributed by atoms with Gasteiger partial charge in [0.15, 0.2) is 0 Å². The maximum Gasteiger partial charge on any atom is 0.221 e. The topological polar surface area (TPSA) is 55.1 Å². The average Bonchev–Trinajstić information content (AvgIpc) is 2.18. The summed E-state index contributed by atoms with van der Waals surface area (Å²) in [6.07, 6.45) is 0.385. The minimum Gasteiger partial charge on any atom is -0.350 e. The van der Waals surface area contributed by atoms with Gasteiger partial charge in [-0.3, -0.25) is 4.79 Å². The van der Waals surface area contributed by atoms with E-state index in [4.69, 9.17) is 5.73 Å². The third-order valence-corrected chi connectivity index (χ3v) is 2.33. The largest absolute Gasteiger partial charge is 0.350 e. The normalized spacial score (nSPS) is 12.2. The quantitative estimate of drug-likeness (QED) is 0.784. The first-order valence-corrected chi connectivity index (χ1v) is 5.19. The van der Waals surface area contributed by atoms with Crippen LogP contribution in [0, 0.1) is 6.92 Å². The van der Waals surface area contributed by atoms with Crippen LogP contribution in [0.5, 0.6) is 0 Å². The molecule has 82 valence electrons. The molecular weight excluding hydrogens is 188 g/mol. The molecule has 0 aliphatic heterocycles. The summed E-state index contributed by atoms with van der Waals surface area (Å²) in [5, 5.41) is 2.90. The first-order chi connectivity index (χ1) is 7.13. The Morgan fingerprint density at radius 2 is 2.00 bits per heavy atom. The van der Waals surface area contributed by atoms with Crippen LogP contribution in [-0.2, 0) is 4.79 Å². The molecule has 1 amide bonds. The van der Waals surface area contributed by atoms with Crippen molar-refractivity contribution in [3.63, 3.8) is 0 Å². The Bertz CT molecular complexity index is 319. The molecule has 0 heterocycles. The molecule has 3 heteroatoms. The van der Waals surface area contributed by atoms with E-state index in [1.54, 1.807) is 0 Å². The number of amides is 1. The molecule has 0 aliphatic rings. The van der Waals surface area contributed by atoms with E-state index in [1.165, 1.54) is 5.56 Å². The van der Waals surface area contributed by atoms with Gasteiger partial charge in [0.2, 0.25) is 5.91 Å². The second kappa shape index (κ2) is 5.51. The van der Waals surface area contributed by atoms with E-state index in [0.29, 0.717) is 13.0 Å². The molecule has 0 spiro atoms. The van der Waals surface area contributed by atoms with Crippen molar-refractivity contribution in [1.29, 1.82) is 0 Å². The molecule has 3 nitrogen and oxygen atoms in total. The Labute approximate surface area is 90.7 Å². The van der Waals surface area contributed by atoms with Crippen molar-refractivity contribution in [1.82, 2.24) is 5.32 Å². The number of carbonyl (C=O) groups is 1. The van der Waals surface area contributed by atoms with Crippen LogP contribution in [-0.4, -0.2) is 12.5 Å². The first kappa shape index (κ1) is 11.7. The molecule has 0 aromatic heterocycles. The van der Waals surface area contributed by atoms with Crippen molar-refractivity contribution in [2.24, 2.45) is 5.73 Å². The molecule has 1 atom stereocenters. The van der Waals surface area contributed by atoms with Gasteiger partial charge in [0, 0.05) is 13.0 Å². The van der Waals surface area contributed by atoms with E-state index in [-0.39, 0.29) is 11.9 Å². The Kier molecular flexibility index (Phi) is 4.31. The van der Waals surface area contributed by atoms with E-state index in [1.807, 2.05) is 38.1 Å². The van der Waals surface area contributed by atoms with Gasteiger partial charge in [-0.05, 0) is 19.4 Å². The lowest BCUT2D eigenvalue weighted by atomic mass is 10.1. The smallest absolute Gasteiger partial charge is 0.221 e. The van der Waals surface area contributed by atoms with Gasteiger partial charge in [0.05, 0.1) is 6.04 Å². The highest BCUT2D eigenvalue weighted by atomic mass is 16.1. The van der Waals surface area contributed by atoms with Gasteiger partial charge in [-0.15, -0.1) is 0 Å². The van der Waals surface area contributed by atoms with Crippen molar-refractivity contribution in [2.45, 2.75) is 26.3 Å². The second-order valence-electron chi connectivity index (χ2n) is 3.74. The van der Waals surface area contributed by atoms with E-state index >= 15 is 0 Å².